The number of carbonyl (C=O) groups excluding carboxylic acids is 1. The Labute approximate surface area is 184 Å². The summed E-state index contributed by atoms with van der Waals surface area (Å²) in [5.41, 5.74) is 0.544. The summed E-state index contributed by atoms with van der Waals surface area (Å²) in [7, 11) is -2.53. The third kappa shape index (κ3) is 4.35. The van der Waals surface area contributed by atoms with Crippen LogP contribution in [0.5, 0.6) is 5.75 Å². The maximum Gasteiger partial charge on any atom is 0.255 e. The van der Waals surface area contributed by atoms with Gasteiger partial charge in [-0.05, 0) is 42.5 Å². The molecule has 1 aliphatic heterocycles. The summed E-state index contributed by atoms with van der Waals surface area (Å²) in [6.07, 6.45) is 3.13. The van der Waals surface area contributed by atoms with E-state index in [4.69, 9.17) is 9.47 Å². The maximum atomic E-state index is 14.5. The lowest BCUT2D eigenvalue weighted by atomic mass is 10.2. The zero-order chi connectivity index (χ0) is 22.7. The molecule has 168 valence electrons. The fourth-order valence-corrected chi connectivity index (χ4v) is 4.92. The third-order valence-electron chi connectivity index (χ3n) is 4.97. The first-order valence-electron chi connectivity index (χ1n) is 9.77. The normalized spacial score (nSPS) is 14.8. The molecule has 1 amide bonds. The van der Waals surface area contributed by atoms with Crippen LogP contribution in [0, 0.1) is 5.82 Å². The molecule has 0 bridgehead atoms. The molecule has 1 fully saturated rings. The second-order valence-corrected chi connectivity index (χ2v) is 8.86. The number of nitrogens with zero attached hydrogens (tertiary/aromatic N) is 3. The van der Waals surface area contributed by atoms with Crippen LogP contribution in [-0.2, 0) is 14.8 Å². The standard InChI is InChI=1S/C21H21FN4O5S/c1-30-19-6-3-15(13-20(19)32(28,29)25-9-11-31-12-10-25)21(27)24-16-4-5-18(17(22)14-16)26-8-2-7-23-26/h2-8,13-14H,9-12H2,1H3,(H,24,27). The van der Waals surface area contributed by atoms with Crippen LogP contribution in [0.15, 0.2) is 59.8 Å². The molecule has 0 atom stereocenters. The smallest absolute Gasteiger partial charge is 0.255 e. The molecule has 1 N–H and O–H groups in total. The van der Waals surface area contributed by atoms with Gasteiger partial charge in [-0.2, -0.15) is 9.40 Å². The average Bonchev–Trinajstić information content (AvgIpc) is 3.34. The highest BCUT2D eigenvalue weighted by Crippen LogP contribution is 2.29. The summed E-state index contributed by atoms with van der Waals surface area (Å²) in [6.45, 7) is 1.01. The Kier molecular flexibility index (Phi) is 6.21. The number of amides is 1. The summed E-state index contributed by atoms with van der Waals surface area (Å²) < 4.78 is 53.8. The molecular formula is C21H21FN4O5S. The highest BCUT2D eigenvalue weighted by Gasteiger charge is 2.30. The van der Waals surface area contributed by atoms with Crippen LogP contribution >= 0.6 is 0 Å². The molecule has 0 spiro atoms. The lowest BCUT2D eigenvalue weighted by Crippen LogP contribution is -2.40. The lowest BCUT2D eigenvalue weighted by molar-refractivity contribution is 0.0729. The Bertz CT molecular complexity index is 1220. The van der Waals surface area contributed by atoms with E-state index in [-0.39, 0.29) is 40.7 Å². The summed E-state index contributed by atoms with van der Waals surface area (Å²) in [6, 6.07) is 9.98. The zero-order valence-corrected chi connectivity index (χ0v) is 18.0. The minimum atomic E-state index is -3.89. The van der Waals surface area contributed by atoms with Gasteiger partial charge in [-0.1, -0.05) is 0 Å². The molecule has 2 heterocycles. The van der Waals surface area contributed by atoms with Crippen molar-refractivity contribution in [1.82, 2.24) is 14.1 Å². The van der Waals surface area contributed by atoms with Crippen molar-refractivity contribution < 1.29 is 27.1 Å². The number of morpholine rings is 1. The van der Waals surface area contributed by atoms with Crippen molar-refractivity contribution in [3.8, 4) is 11.4 Å². The van der Waals surface area contributed by atoms with E-state index in [2.05, 4.69) is 10.4 Å². The molecule has 3 aromatic rings. The fourth-order valence-electron chi connectivity index (χ4n) is 3.33. The molecule has 0 unspecified atom stereocenters. The van der Waals surface area contributed by atoms with Crippen molar-refractivity contribution in [2.45, 2.75) is 4.90 Å². The summed E-state index contributed by atoms with van der Waals surface area (Å²) in [5.74, 6) is -1.03. The van der Waals surface area contributed by atoms with Gasteiger partial charge in [0, 0.05) is 36.7 Å². The highest BCUT2D eigenvalue weighted by atomic mass is 32.2. The molecule has 0 saturated carbocycles. The number of carbonyl (C=O) groups is 1. The van der Waals surface area contributed by atoms with Crippen LogP contribution in [0.25, 0.3) is 5.69 Å². The monoisotopic (exact) mass is 460 g/mol. The molecule has 11 heteroatoms. The van der Waals surface area contributed by atoms with Crippen molar-refractivity contribution in [1.29, 1.82) is 0 Å². The Morgan fingerprint density at radius 2 is 1.97 bits per heavy atom. The fraction of sp³-hybridized carbons (Fsp3) is 0.238. The van der Waals surface area contributed by atoms with Crippen molar-refractivity contribution in [2.24, 2.45) is 0 Å². The van der Waals surface area contributed by atoms with Gasteiger partial charge < -0.3 is 14.8 Å². The van der Waals surface area contributed by atoms with Gasteiger partial charge in [-0.3, -0.25) is 4.79 Å². The minimum absolute atomic E-state index is 0.0918. The molecular weight excluding hydrogens is 439 g/mol. The van der Waals surface area contributed by atoms with Gasteiger partial charge in [-0.25, -0.2) is 17.5 Å². The topological polar surface area (TPSA) is 103 Å². The summed E-state index contributed by atoms with van der Waals surface area (Å²) >= 11 is 0. The van der Waals surface area contributed by atoms with Gasteiger partial charge >= 0.3 is 0 Å². The van der Waals surface area contributed by atoms with E-state index >= 15 is 0 Å². The average molecular weight is 460 g/mol. The van der Waals surface area contributed by atoms with E-state index in [1.165, 1.54) is 58.7 Å². The first-order chi connectivity index (χ1) is 15.4. The largest absolute Gasteiger partial charge is 0.495 e. The second kappa shape index (κ2) is 9.07. The molecule has 9 nitrogen and oxygen atoms in total. The molecule has 1 saturated heterocycles. The number of sulfonamides is 1. The van der Waals surface area contributed by atoms with E-state index in [1.807, 2.05) is 0 Å². The predicted molar refractivity (Wildman–Crippen MR) is 114 cm³/mol. The minimum Gasteiger partial charge on any atom is -0.495 e. The Morgan fingerprint density at radius 3 is 2.62 bits per heavy atom. The van der Waals surface area contributed by atoms with Crippen molar-refractivity contribution in [3.05, 3.63) is 66.2 Å². The van der Waals surface area contributed by atoms with Crippen molar-refractivity contribution >= 4 is 21.6 Å². The lowest BCUT2D eigenvalue weighted by Gasteiger charge is -2.26. The highest BCUT2D eigenvalue weighted by molar-refractivity contribution is 7.89. The number of halogens is 1. The number of benzene rings is 2. The summed E-state index contributed by atoms with van der Waals surface area (Å²) in [5, 5.41) is 6.57. The SMILES string of the molecule is COc1ccc(C(=O)Nc2ccc(-n3cccn3)c(F)c2)cc1S(=O)(=O)N1CCOCC1. The number of anilines is 1. The molecule has 1 aromatic heterocycles. The Hall–Kier alpha value is -3.28. The van der Waals surface area contributed by atoms with Crippen LogP contribution in [0.3, 0.4) is 0 Å². The van der Waals surface area contributed by atoms with Gasteiger partial charge in [0.15, 0.2) is 5.82 Å². The van der Waals surface area contributed by atoms with Crippen LogP contribution in [0.2, 0.25) is 0 Å². The quantitative estimate of drug-likeness (QED) is 0.606. The number of rotatable bonds is 6. The van der Waals surface area contributed by atoms with Gasteiger partial charge in [0.1, 0.15) is 16.3 Å². The molecule has 2 aromatic carbocycles. The van der Waals surface area contributed by atoms with Gasteiger partial charge in [0.05, 0.1) is 20.3 Å². The second-order valence-electron chi connectivity index (χ2n) is 6.95. The summed E-state index contributed by atoms with van der Waals surface area (Å²) in [4.78, 5) is 12.7. The van der Waals surface area contributed by atoms with Gasteiger partial charge in [0.2, 0.25) is 10.0 Å². The van der Waals surface area contributed by atoms with Crippen LogP contribution in [0.4, 0.5) is 10.1 Å². The Balaban J connectivity index is 1.59. The van der Waals surface area contributed by atoms with Gasteiger partial charge in [-0.15, -0.1) is 0 Å². The molecule has 32 heavy (non-hydrogen) atoms. The molecule has 1 aliphatic rings. The zero-order valence-electron chi connectivity index (χ0n) is 17.2. The van der Waals surface area contributed by atoms with Gasteiger partial charge in [0.25, 0.3) is 5.91 Å². The van der Waals surface area contributed by atoms with E-state index in [0.29, 0.717) is 13.2 Å². The first kappa shape index (κ1) is 21.9. The van der Waals surface area contributed by atoms with E-state index in [9.17, 15) is 17.6 Å². The van der Waals surface area contributed by atoms with Crippen LogP contribution in [0.1, 0.15) is 10.4 Å². The molecule has 4 rings (SSSR count). The molecule has 0 radical (unpaired) electrons. The van der Waals surface area contributed by atoms with E-state index < -0.39 is 21.7 Å². The number of nitrogens with one attached hydrogen (secondary N) is 1. The van der Waals surface area contributed by atoms with E-state index in [1.54, 1.807) is 12.3 Å². The maximum absolute atomic E-state index is 14.5. The number of methoxy groups -OCH3 is 1. The third-order valence-corrected chi connectivity index (χ3v) is 6.89. The molecule has 0 aliphatic carbocycles. The number of hydrogen-bond acceptors (Lipinski definition) is 6. The van der Waals surface area contributed by atoms with Crippen molar-refractivity contribution in [2.75, 3.05) is 38.7 Å². The predicted octanol–water partition coefficient (Wildman–Crippen LogP) is 2.29. The van der Waals surface area contributed by atoms with Crippen molar-refractivity contribution in [3.63, 3.8) is 0 Å². The first-order valence-corrected chi connectivity index (χ1v) is 11.2. The van der Waals surface area contributed by atoms with Crippen LogP contribution < -0.4 is 10.1 Å². The Morgan fingerprint density at radius 1 is 1.19 bits per heavy atom. The number of aromatic nitrogens is 2. The number of hydrogen-bond donors (Lipinski definition) is 1. The van der Waals surface area contributed by atoms with Crippen LogP contribution in [-0.4, -0.2) is 61.8 Å². The number of ether oxygens (including phenoxy) is 2. The van der Waals surface area contributed by atoms with E-state index in [0.717, 1.165) is 0 Å².